The van der Waals surface area contributed by atoms with Crippen LogP contribution < -0.4 is 10.2 Å². The summed E-state index contributed by atoms with van der Waals surface area (Å²) in [7, 11) is 0. The normalized spacial score (nSPS) is 20.6. The quantitative estimate of drug-likeness (QED) is 0.838. The second kappa shape index (κ2) is 7.26. The second-order valence-electron chi connectivity index (χ2n) is 6.52. The number of halogens is 1. The Morgan fingerprint density at radius 3 is 2.85 bits per heavy atom. The molecule has 0 aliphatic carbocycles. The van der Waals surface area contributed by atoms with E-state index in [2.05, 4.69) is 5.32 Å². The van der Waals surface area contributed by atoms with Crippen LogP contribution in [0.25, 0.3) is 0 Å². The van der Waals surface area contributed by atoms with Crippen molar-refractivity contribution in [3.63, 3.8) is 0 Å². The molecule has 0 aromatic heterocycles. The van der Waals surface area contributed by atoms with E-state index in [1.807, 2.05) is 17.0 Å². The zero-order valence-electron chi connectivity index (χ0n) is 14.2. The van der Waals surface area contributed by atoms with Gasteiger partial charge in [0.2, 0.25) is 0 Å². The van der Waals surface area contributed by atoms with Gasteiger partial charge in [-0.1, -0.05) is 35.3 Å². The standard InChI is InChI=1S/C19H20FN3O2S/c20-15-6-1-2-9-18(15)23-11-14-13(12-26(24)25)5-3-7-16(14)22-19(23)17-8-4-10-21-17/h1-3,5-7,9,17,21H,4,8,10-12H2,(H,24,25)/p-1/t17-/m0/s1. The van der Waals surface area contributed by atoms with Gasteiger partial charge in [-0.2, -0.15) is 0 Å². The molecule has 0 saturated carbocycles. The molecule has 1 saturated heterocycles. The maximum Gasteiger partial charge on any atom is 0.146 e. The predicted octanol–water partition coefficient (Wildman–Crippen LogP) is 3.01. The van der Waals surface area contributed by atoms with Crippen molar-refractivity contribution in [2.75, 3.05) is 11.4 Å². The van der Waals surface area contributed by atoms with Crippen LogP contribution in [0.2, 0.25) is 0 Å². The summed E-state index contributed by atoms with van der Waals surface area (Å²) in [5.74, 6) is 0.410. The Balaban J connectivity index is 1.82. The number of rotatable bonds is 4. The predicted molar refractivity (Wildman–Crippen MR) is 99.8 cm³/mol. The molecule has 1 fully saturated rings. The van der Waals surface area contributed by atoms with Crippen molar-refractivity contribution >= 4 is 28.3 Å². The van der Waals surface area contributed by atoms with E-state index in [-0.39, 0.29) is 17.6 Å². The van der Waals surface area contributed by atoms with E-state index in [0.29, 0.717) is 17.8 Å². The summed E-state index contributed by atoms with van der Waals surface area (Å²) in [5.41, 5.74) is 2.77. The minimum Gasteiger partial charge on any atom is -0.772 e. The molecule has 2 aromatic rings. The summed E-state index contributed by atoms with van der Waals surface area (Å²) in [5, 5.41) is 3.43. The SMILES string of the molecule is O=S([O-])Cc1cccc2c1CN(c1ccccc1F)C([C@@H]1CCCN1)=N2. The first kappa shape index (κ1) is 17.3. The van der Waals surface area contributed by atoms with Crippen LogP contribution in [0.3, 0.4) is 0 Å². The van der Waals surface area contributed by atoms with Crippen LogP contribution in [0.5, 0.6) is 0 Å². The van der Waals surface area contributed by atoms with Gasteiger partial charge in [0.15, 0.2) is 0 Å². The molecule has 5 nitrogen and oxygen atoms in total. The highest BCUT2D eigenvalue weighted by Crippen LogP contribution is 2.35. The van der Waals surface area contributed by atoms with Crippen LogP contribution in [0.1, 0.15) is 24.0 Å². The number of para-hydroxylation sites is 1. The van der Waals surface area contributed by atoms with Gasteiger partial charge in [-0.15, -0.1) is 0 Å². The third-order valence-electron chi connectivity index (χ3n) is 4.86. The molecule has 0 spiro atoms. The lowest BCUT2D eigenvalue weighted by Gasteiger charge is -2.34. The molecular weight excluding hydrogens is 353 g/mol. The van der Waals surface area contributed by atoms with E-state index >= 15 is 0 Å². The molecule has 1 unspecified atom stereocenters. The maximum atomic E-state index is 14.5. The molecule has 0 bridgehead atoms. The minimum atomic E-state index is -2.19. The number of anilines is 1. The zero-order valence-corrected chi connectivity index (χ0v) is 15.0. The zero-order chi connectivity index (χ0) is 18.1. The average Bonchev–Trinajstić information content (AvgIpc) is 3.15. The number of hydrogen-bond acceptors (Lipinski definition) is 5. The van der Waals surface area contributed by atoms with Gasteiger partial charge in [0, 0.05) is 11.3 Å². The molecule has 0 amide bonds. The fourth-order valence-corrected chi connectivity index (χ4v) is 4.17. The minimum absolute atomic E-state index is 0.0686. The first-order chi connectivity index (χ1) is 12.6. The number of benzene rings is 2. The molecule has 7 heteroatoms. The first-order valence-corrected chi connectivity index (χ1v) is 9.88. The molecule has 2 heterocycles. The van der Waals surface area contributed by atoms with E-state index in [1.165, 1.54) is 6.07 Å². The Labute approximate surface area is 154 Å². The molecule has 26 heavy (non-hydrogen) atoms. The van der Waals surface area contributed by atoms with Crippen LogP contribution in [-0.4, -0.2) is 27.2 Å². The summed E-state index contributed by atoms with van der Waals surface area (Å²) in [4.78, 5) is 6.68. The van der Waals surface area contributed by atoms with Gasteiger partial charge in [-0.05, 0) is 43.1 Å². The molecule has 2 atom stereocenters. The van der Waals surface area contributed by atoms with Gasteiger partial charge in [0.25, 0.3) is 0 Å². The van der Waals surface area contributed by atoms with Gasteiger partial charge in [0.05, 0.1) is 24.0 Å². The van der Waals surface area contributed by atoms with Gasteiger partial charge in [-0.3, -0.25) is 4.21 Å². The highest BCUT2D eigenvalue weighted by molar-refractivity contribution is 7.78. The molecule has 4 rings (SSSR count). The first-order valence-electron chi connectivity index (χ1n) is 8.64. The van der Waals surface area contributed by atoms with E-state index in [0.717, 1.165) is 36.5 Å². The molecule has 1 N–H and O–H groups in total. The summed E-state index contributed by atoms with van der Waals surface area (Å²) >= 11 is -2.19. The lowest BCUT2D eigenvalue weighted by molar-refractivity contribution is 0.536. The molecule has 2 aromatic carbocycles. The van der Waals surface area contributed by atoms with Crippen molar-refractivity contribution in [1.82, 2.24) is 5.32 Å². The Kier molecular flexibility index (Phi) is 4.84. The molecule has 136 valence electrons. The lowest BCUT2D eigenvalue weighted by Crippen LogP contribution is -2.45. The summed E-state index contributed by atoms with van der Waals surface area (Å²) in [6.07, 6.45) is 2.00. The Hall–Kier alpha value is -2.09. The van der Waals surface area contributed by atoms with E-state index in [4.69, 9.17) is 4.99 Å². The van der Waals surface area contributed by atoms with Crippen LogP contribution in [0.15, 0.2) is 47.5 Å². The highest BCUT2D eigenvalue weighted by Gasteiger charge is 2.31. The largest absolute Gasteiger partial charge is 0.772 e. The smallest absolute Gasteiger partial charge is 0.146 e. The highest BCUT2D eigenvalue weighted by atomic mass is 32.2. The third kappa shape index (κ3) is 3.30. The number of hydrogen-bond donors (Lipinski definition) is 1. The number of aliphatic imine (C=N–C) groups is 1. The lowest BCUT2D eigenvalue weighted by atomic mass is 10.0. The Morgan fingerprint density at radius 2 is 2.12 bits per heavy atom. The van der Waals surface area contributed by atoms with Gasteiger partial charge in [-0.25, -0.2) is 9.38 Å². The van der Waals surface area contributed by atoms with Crippen molar-refractivity contribution in [3.05, 3.63) is 59.4 Å². The summed E-state index contributed by atoms with van der Waals surface area (Å²) in [6, 6.07) is 12.2. The average molecular weight is 372 g/mol. The summed E-state index contributed by atoms with van der Waals surface area (Å²) < 4.78 is 36.9. The molecular formula is C19H19FN3O2S-. The van der Waals surface area contributed by atoms with Crippen LogP contribution in [-0.2, 0) is 23.4 Å². The fourth-order valence-electron chi connectivity index (χ4n) is 3.64. The molecule has 0 radical (unpaired) electrons. The van der Waals surface area contributed by atoms with Gasteiger partial charge < -0.3 is 14.8 Å². The van der Waals surface area contributed by atoms with E-state index in [1.54, 1.807) is 24.3 Å². The van der Waals surface area contributed by atoms with E-state index < -0.39 is 11.1 Å². The molecule has 2 aliphatic heterocycles. The third-order valence-corrected chi connectivity index (χ3v) is 5.41. The van der Waals surface area contributed by atoms with Crippen LogP contribution in [0.4, 0.5) is 15.8 Å². The number of nitrogens with one attached hydrogen (secondary N) is 1. The Bertz CT molecular complexity index is 881. The topological polar surface area (TPSA) is 67.8 Å². The monoisotopic (exact) mass is 372 g/mol. The number of fused-ring (bicyclic) bond motifs is 1. The maximum absolute atomic E-state index is 14.5. The Morgan fingerprint density at radius 1 is 1.27 bits per heavy atom. The van der Waals surface area contributed by atoms with Crippen molar-refractivity contribution in [3.8, 4) is 0 Å². The van der Waals surface area contributed by atoms with Crippen LogP contribution in [0, 0.1) is 5.82 Å². The number of amidine groups is 1. The van der Waals surface area contributed by atoms with Crippen LogP contribution >= 0.6 is 0 Å². The van der Waals surface area contributed by atoms with Crippen molar-refractivity contribution in [2.45, 2.75) is 31.2 Å². The second-order valence-corrected chi connectivity index (χ2v) is 7.42. The number of nitrogens with zero attached hydrogens (tertiary/aromatic N) is 2. The van der Waals surface area contributed by atoms with Gasteiger partial charge in [0.1, 0.15) is 11.7 Å². The molecule has 2 aliphatic rings. The van der Waals surface area contributed by atoms with Crippen molar-refractivity contribution in [2.24, 2.45) is 4.99 Å². The fraction of sp³-hybridized carbons (Fsp3) is 0.316. The van der Waals surface area contributed by atoms with Crippen molar-refractivity contribution < 1.29 is 13.2 Å². The van der Waals surface area contributed by atoms with E-state index in [9.17, 15) is 13.2 Å². The van der Waals surface area contributed by atoms with Gasteiger partial charge >= 0.3 is 0 Å². The summed E-state index contributed by atoms with van der Waals surface area (Å²) in [6.45, 7) is 1.32. The van der Waals surface area contributed by atoms with Crippen molar-refractivity contribution in [1.29, 1.82) is 0 Å².